The van der Waals surface area contributed by atoms with Crippen molar-refractivity contribution in [1.82, 2.24) is 0 Å². The number of hydrogen-bond donors (Lipinski definition) is 1. The van der Waals surface area contributed by atoms with Gasteiger partial charge in [0.15, 0.2) is 0 Å². The van der Waals surface area contributed by atoms with Gasteiger partial charge in [0.25, 0.3) is 0 Å². The maximum atomic E-state index is 9.18. The van der Waals surface area contributed by atoms with Crippen molar-refractivity contribution in [2.24, 2.45) is 5.92 Å². The highest BCUT2D eigenvalue weighted by molar-refractivity contribution is 4.69. The molecule has 0 spiro atoms. The highest BCUT2D eigenvalue weighted by Crippen LogP contribution is 2.22. The zero-order chi connectivity index (χ0) is 5.98. The second-order valence-corrected chi connectivity index (χ2v) is 2.83. The van der Waals surface area contributed by atoms with Gasteiger partial charge in [-0.05, 0) is 18.8 Å². The highest BCUT2D eigenvalue weighted by atomic mass is 16.3. The SMILES string of the molecule is C[C@@H]1CCCC[C@@H]1O. The topological polar surface area (TPSA) is 20.2 Å². The van der Waals surface area contributed by atoms with Gasteiger partial charge in [-0.25, -0.2) is 0 Å². The first-order chi connectivity index (χ1) is 3.80. The van der Waals surface area contributed by atoms with E-state index in [1.54, 1.807) is 0 Å². The predicted octanol–water partition coefficient (Wildman–Crippen LogP) is 1.56. The van der Waals surface area contributed by atoms with Gasteiger partial charge in [-0.15, -0.1) is 0 Å². The summed E-state index contributed by atoms with van der Waals surface area (Å²) in [5.74, 6) is 0.559. The summed E-state index contributed by atoms with van der Waals surface area (Å²) in [7, 11) is 0. The van der Waals surface area contributed by atoms with Crippen LogP contribution in [0.15, 0.2) is 0 Å². The molecular formula is C7H14O. The van der Waals surface area contributed by atoms with Crippen molar-refractivity contribution in [2.75, 3.05) is 0 Å². The van der Waals surface area contributed by atoms with Crippen molar-refractivity contribution in [3.8, 4) is 0 Å². The first-order valence-electron chi connectivity index (χ1n) is 3.49. The van der Waals surface area contributed by atoms with Crippen LogP contribution in [0, 0.1) is 5.92 Å². The monoisotopic (exact) mass is 114 g/mol. The summed E-state index contributed by atoms with van der Waals surface area (Å²) in [4.78, 5) is 0. The van der Waals surface area contributed by atoms with Crippen LogP contribution in [0.4, 0.5) is 0 Å². The summed E-state index contributed by atoms with van der Waals surface area (Å²) in [6.45, 7) is 2.13. The molecule has 0 heterocycles. The van der Waals surface area contributed by atoms with Crippen LogP contribution in [0.25, 0.3) is 0 Å². The van der Waals surface area contributed by atoms with E-state index >= 15 is 0 Å². The Balaban J connectivity index is 2.28. The molecule has 0 amide bonds. The predicted molar refractivity (Wildman–Crippen MR) is 33.6 cm³/mol. The van der Waals surface area contributed by atoms with Crippen molar-refractivity contribution < 1.29 is 5.11 Å². The second kappa shape index (κ2) is 2.49. The van der Waals surface area contributed by atoms with Crippen LogP contribution in [-0.2, 0) is 0 Å². The average Bonchev–Trinajstić information content (AvgIpc) is 1.77. The molecule has 1 aliphatic rings. The third-order valence-electron chi connectivity index (χ3n) is 2.07. The number of aliphatic hydroxyl groups is 1. The van der Waals surface area contributed by atoms with Crippen molar-refractivity contribution in [3.05, 3.63) is 0 Å². The maximum absolute atomic E-state index is 9.18. The van der Waals surface area contributed by atoms with E-state index in [4.69, 9.17) is 0 Å². The molecule has 0 aromatic rings. The molecular weight excluding hydrogens is 100 g/mol. The van der Waals surface area contributed by atoms with E-state index in [0.717, 1.165) is 6.42 Å². The van der Waals surface area contributed by atoms with E-state index in [1.165, 1.54) is 19.3 Å². The Kier molecular flexibility index (Phi) is 1.90. The fraction of sp³-hybridized carbons (Fsp3) is 1.00. The average molecular weight is 114 g/mol. The number of rotatable bonds is 0. The minimum absolute atomic E-state index is 0.00347. The Labute approximate surface area is 50.7 Å². The summed E-state index contributed by atoms with van der Waals surface area (Å²) in [6.07, 6.45) is 4.80. The van der Waals surface area contributed by atoms with E-state index in [9.17, 15) is 5.11 Å². The standard InChI is InChI=1S/C7H14O/c1-6-4-2-3-5-7(6)8/h6-8H,2-5H2,1H3/t6-,7+/m1/s1. The molecule has 0 saturated heterocycles. The zero-order valence-corrected chi connectivity index (χ0v) is 5.43. The van der Waals surface area contributed by atoms with E-state index in [-0.39, 0.29) is 6.10 Å². The molecule has 0 aromatic heterocycles. The van der Waals surface area contributed by atoms with Crippen molar-refractivity contribution in [2.45, 2.75) is 38.7 Å². The van der Waals surface area contributed by atoms with E-state index < -0.39 is 0 Å². The van der Waals surface area contributed by atoms with Crippen LogP contribution in [0.2, 0.25) is 0 Å². The zero-order valence-electron chi connectivity index (χ0n) is 5.43. The largest absolute Gasteiger partial charge is 0.393 e. The van der Waals surface area contributed by atoms with Crippen LogP contribution in [0.1, 0.15) is 32.6 Å². The van der Waals surface area contributed by atoms with E-state index in [0.29, 0.717) is 5.92 Å². The fourth-order valence-electron chi connectivity index (χ4n) is 1.30. The molecule has 0 radical (unpaired) electrons. The third kappa shape index (κ3) is 1.22. The lowest BCUT2D eigenvalue weighted by atomic mass is 9.88. The molecule has 0 aliphatic heterocycles. The molecule has 1 aliphatic carbocycles. The first kappa shape index (κ1) is 6.09. The normalized spacial score (nSPS) is 39.8. The van der Waals surface area contributed by atoms with Gasteiger partial charge in [0.1, 0.15) is 0 Å². The number of aliphatic hydroxyl groups excluding tert-OH is 1. The summed E-state index contributed by atoms with van der Waals surface area (Å²) in [6, 6.07) is 0. The molecule has 0 aromatic carbocycles. The minimum Gasteiger partial charge on any atom is -0.393 e. The summed E-state index contributed by atoms with van der Waals surface area (Å²) in [5, 5.41) is 9.18. The lowest BCUT2D eigenvalue weighted by Crippen LogP contribution is -2.21. The van der Waals surface area contributed by atoms with Gasteiger partial charge in [0, 0.05) is 0 Å². The molecule has 48 valence electrons. The lowest BCUT2D eigenvalue weighted by molar-refractivity contribution is 0.0793. The quantitative estimate of drug-likeness (QED) is 0.506. The van der Waals surface area contributed by atoms with E-state index in [1.807, 2.05) is 0 Å². The number of hydrogen-bond acceptors (Lipinski definition) is 1. The van der Waals surface area contributed by atoms with E-state index in [2.05, 4.69) is 6.92 Å². The smallest absolute Gasteiger partial charge is 0.0565 e. The van der Waals surface area contributed by atoms with Gasteiger partial charge >= 0.3 is 0 Å². The Morgan fingerprint density at radius 2 is 1.88 bits per heavy atom. The minimum atomic E-state index is 0.00347. The summed E-state index contributed by atoms with van der Waals surface area (Å²) >= 11 is 0. The maximum Gasteiger partial charge on any atom is 0.0565 e. The Bertz CT molecular complexity index is 60.8. The van der Waals surface area contributed by atoms with Crippen molar-refractivity contribution >= 4 is 0 Å². The molecule has 1 saturated carbocycles. The lowest BCUT2D eigenvalue weighted by Gasteiger charge is -2.23. The molecule has 1 nitrogen and oxygen atoms in total. The van der Waals surface area contributed by atoms with Gasteiger partial charge in [0.05, 0.1) is 6.10 Å². The highest BCUT2D eigenvalue weighted by Gasteiger charge is 2.17. The van der Waals surface area contributed by atoms with Gasteiger partial charge in [-0.2, -0.15) is 0 Å². The molecule has 2 atom stereocenters. The Morgan fingerprint density at radius 1 is 1.25 bits per heavy atom. The molecule has 8 heavy (non-hydrogen) atoms. The van der Waals surface area contributed by atoms with Crippen LogP contribution >= 0.6 is 0 Å². The summed E-state index contributed by atoms with van der Waals surface area (Å²) in [5.41, 5.74) is 0. The van der Waals surface area contributed by atoms with Crippen LogP contribution < -0.4 is 0 Å². The second-order valence-electron chi connectivity index (χ2n) is 2.83. The van der Waals surface area contributed by atoms with Crippen LogP contribution in [0.3, 0.4) is 0 Å². The van der Waals surface area contributed by atoms with Crippen molar-refractivity contribution in [1.29, 1.82) is 0 Å². The van der Waals surface area contributed by atoms with Crippen LogP contribution in [-0.4, -0.2) is 11.2 Å². The van der Waals surface area contributed by atoms with Gasteiger partial charge in [-0.3, -0.25) is 0 Å². The van der Waals surface area contributed by atoms with Gasteiger partial charge < -0.3 is 5.11 Å². The fourth-order valence-corrected chi connectivity index (χ4v) is 1.30. The Morgan fingerprint density at radius 3 is 2.25 bits per heavy atom. The third-order valence-corrected chi connectivity index (χ3v) is 2.07. The Hall–Kier alpha value is -0.0400. The molecule has 1 rings (SSSR count). The molecule has 1 fully saturated rings. The van der Waals surface area contributed by atoms with Gasteiger partial charge in [-0.1, -0.05) is 19.8 Å². The van der Waals surface area contributed by atoms with Crippen LogP contribution in [0.5, 0.6) is 0 Å². The molecule has 0 bridgehead atoms. The van der Waals surface area contributed by atoms with Crippen molar-refractivity contribution in [3.63, 3.8) is 0 Å². The van der Waals surface area contributed by atoms with Gasteiger partial charge in [0.2, 0.25) is 0 Å². The molecule has 1 N–H and O–H groups in total. The molecule has 1 heteroatoms. The summed E-state index contributed by atoms with van der Waals surface area (Å²) < 4.78 is 0. The molecule has 0 unspecified atom stereocenters. The first-order valence-corrected chi connectivity index (χ1v) is 3.49.